The van der Waals surface area contributed by atoms with Crippen molar-refractivity contribution in [2.45, 2.75) is 13.1 Å². The summed E-state index contributed by atoms with van der Waals surface area (Å²) in [5.74, 6) is 0.281. The number of benzene rings is 1. The predicted octanol–water partition coefficient (Wildman–Crippen LogP) is 3.78. The van der Waals surface area contributed by atoms with Crippen molar-refractivity contribution in [1.29, 1.82) is 0 Å². The molecule has 3 rings (SSSR count). The molecule has 1 aromatic carbocycles. The highest BCUT2D eigenvalue weighted by atomic mass is 19.4. The Balaban J connectivity index is 2.31. The summed E-state index contributed by atoms with van der Waals surface area (Å²) in [6, 6.07) is 9.92. The van der Waals surface area contributed by atoms with Gasteiger partial charge >= 0.3 is 6.18 Å². The SMILES string of the molecule is CCNc1c(-c2ccccc2)c(C(F)(F)F)nn1-c1ncccn1. The average molecular weight is 333 g/mol. The normalized spacial score (nSPS) is 11.5. The number of aromatic nitrogens is 4. The second kappa shape index (κ2) is 6.31. The van der Waals surface area contributed by atoms with Gasteiger partial charge in [-0.2, -0.15) is 23.0 Å². The lowest BCUT2D eigenvalue weighted by Gasteiger charge is -2.10. The second-order valence-corrected chi connectivity index (χ2v) is 4.93. The predicted molar refractivity (Wildman–Crippen MR) is 83.8 cm³/mol. The van der Waals surface area contributed by atoms with Gasteiger partial charge in [0.2, 0.25) is 0 Å². The fourth-order valence-corrected chi connectivity index (χ4v) is 2.37. The van der Waals surface area contributed by atoms with Crippen molar-refractivity contribution in [1.82, 2.24) is 19.7 Å². The summed E-state index contributed by atoms with van der Waals surface area (Å²) in [5, 5.41) is 6.71. The molecule has 0 radical (unpaired) electrons. The van der Waals surface area contributed by atoms with Crippen molar-refractivity contribution in [3.63, 3.8) is 0 Å². The lowest BCUT2D eigenvalue weighted by molar-refractivity contribution is -0.140. The van der Waals surface area contributed by atoms with E-state index in [9.17, 15) is 13.2 Å². The van der Waals surface area contributed by atoms with Gasteiger partial charge in [0.15, 0.2) is 5.69 Å². The van der Waals surface area contributed by atoms with Crippen LogP contribution in [0.3, 0.4) is 0 Å². The topological polar surface area (TPSA) is 55.6 Å². The maximum absolute atomic E-state index is 13.5. The van der Waals surface area contributed by atoms with Gasteiger partial charge < -0.3 is 5.32 Å². The van der Waals surface area contributed by atoms with E-state index in [1.165, 1.54) is 12.4 Å². The van der Waals surface area contributed by atoms with Crippen LogP contribution in [0.25, 0.3) is 17.1 Å². The molecule has 0 aliphatic heterocycles. The highest BCUT2D eigenvalue weighted by Crippen LogP contribution is 2.41. The number of rotatable bonds is 4. The van der Waals surface area contributed by atoms with Gasteiger partial charge in [0.25, 0.3) is 5.95 Å². The molecule has 0 aliphatic rings. The van der Waals surface area contributed by atoms with Gasteiger partial charge in [0.05, 0.1) is 5.56 Å². The number of nitrogens with zero attached hydrogens (tertiary/aromatic N) is 4. The Hall–Kier alpha value is -2.90. The summed E-state index contributed by atoms with van der Waals surface area (Å²) in [6.07, 6.45) is -1.69. The minimum absolute atomic E-state index is 0.0163. The number of hydrogen-bond acceptors (Lipinski definition) is 4. The number of halogens is 3. The first-order valence-corrected chi connectivity index (χ1v) is 7.29. The van der Waals surface area contributed by atoms with Crippen molar-refractivity contribution in [3.05, 3.63) is 54.5 Å². The number of nitrogens with one attached hydrogen (secondary N) is 1. The molecule has 0 spiro atoms. The summed E-state index contributed by atoms with van der Waals surface area (Å²) in [6.45, 7) is 2.22. The third-order valence-electron chi connectivity index (χ3n) is 3.30. The molecule has 0 amide bonds. The van der Waals surface area contributed by atoms with Crippen LogP contribution >= 0.6 is 0 Å². The Morgan fingerprint density at radius 2 is 1.71 bits per heavy atom. The van der Waals surface area contributed by atoms with Gasteiger partial charge in [0.1, 0.15) is 5.82 Å². The number of hydrogen-bond donors (Lipinski definition) is 1. The lowest BCUT2D eigenvalue weighted by atomic mass is 10.1. The van der Waals surface area contributed by atoms with Gasteiger partial charge in [-0.25, -0.2) is 9.97 Å². The van der Waals surface area contributed by atoms with E-state index >= 15 is 0 Å². The minimum atomic E-state index is -4.60. The molecule has 5 nitrogen and oxygen atoms in total. The molecule has 3 aromatic rings. The fourth-order valence-electron chi connectivity index (χ4n) is 2.37. The quantitative estimate of drug-likeness (QED) is 0.789. The summed E-state index contributed by atoms with van der Waals surface area (Å²) < 4.78 is 41.7. The summed E-state index contributed by atoms with van der Waals surface area (Å²) >= 11 is 0. The van der Waals surface area contributed by atoms with Crippen molar-refractivity contribution < 1.29 is 13.2 Å². The fraction of sp³-hybridized carbons (Fsp3) is 0.188. The zero-order valence-corrected chi connectivity index (χ0v) is 12.7. The van der Waals surface area contributed by atoms with Crippen LogP contribution in [0, 0.1) is 0 Å². The molecular formula is C16H14F3N5. The van der Waals surface area contributed by atoms with E-state index in [0.717, 1.165) is 4.68 Å². The zero-order valence-electron chi connectivity index (χ0n) is 12.7. The Morgan fingerprint density at radius 1 is 1.04 bits per heavy atom. The molecule has 2 heterocycles. The molecule has 24 heavy (non-hydrogen) atoms. The van der Waals surface area contributed by atoms with Crippen LogP contribution in [0.2, 0.25) is 0 Å². The van der Waals surface area contributed by atoms with E-state index in [4.69, 9.17) is 0 Å². The van der Waals surface area contributed by atoms with E-state index in [1.54, 1.807) is 43.3 Å². The van der Waals surface area contributed by atoms with Gasteiger partial charge in [-0.15, -0.1) is 0 Å². The molecule has 0 fully saturated rings. The largest absolute Gasteiger partial charge is 0.435 e. The Kier molecular flexibility index (Phi) is 4.20. The van der Waals surface area contributed by atoms with E-state index in [2.05, 4.69) is 20.4 Å². The first-order chi connectivity index (χ1) is 11.5. The molecule has 0 bridgehead atoms. The van der Waals surface area contributed by atoms with Crippen LogP contribution in [0.15, 0.2) is 48.8 Å². The van der Waals surface area contributed by atoms with Crippen molar-refractivity contribution >= 4 is 5.82 Å². The maximum Gasteiger partial charge on any atom is 0.435 e. The van der Waals surface area contributed by atoms with Gasteiger partial charge in [-0.3, -0.25) is 0 Å². The molecule has 8 heteroatoms. The van der Waals surface area contributed by atoms with E-state index in [-0.39, 0.29) is 17.3 Å². The van der Waals surface area contributed by atoms with Crippen molar-refractivity contribution in [2.24, 2.45) is 0 Å². The van der Waals surface area contributed by atoms with Crippen LogP contribution in [-0.2, 0) is 6.18 Å². The molecule has 0 unspecified atom stereocenters. The summed E-state index contributed by atoms with van der Waals surface area (Å²) in [5.41, 5.74) is -0.572. The number of alkyl halides is 3. The molecule has 2 aromatic heterocycles. The van der Waals surface area contributed by atoms with Crippen LogP contribution in [0.4, 0.5) is 19.0 Å². The third kappa shape index (κ3) is 2.94. The molecule has 0 saturated carbocycles. The minimum Gasteiger partial charge on any atom is -0.370 e. The van der Waals surface area contributed by atoms with Crippen LogP contribution in [0.5, 0.6) is 0 Å². The maximum atomic E-state index is 13.5. The average Bonchev–Trinajstić information content (AvgIpc) is 2.96. The van der Waals surface area contributed by atoms with Crippen LogP contribution in [-0.4, -0.2) is 26.3 Å². The van der Waals surface area contributed by atoms with E-state index in [1.807, 2.05) is 0 Å². The van der Waals surface area contributed by atoms with Crippen molar-refractivity contribution in [3.8, 4) is 17.1 Å². The van der Waals surface area contributed by atoms with Gasteiger partial charge in [-0.05, 0) is 18.6 Å². The third-order valence-corrected chi connectivity index (χ3v) is 3.30. The molecule has 0 saturated heterocycles. The Labute approximate surface area is 136 Å². The van der Waals surface area contributed by atoms with E-state index < -0.39 is 11.9 Å². The highest BCUT2D eigenvalue weighted by molar-refractivity contribution is 5.79. The van der Waals surface area contributed by atoms with Crippen molar-refractivity contribution in [2.75, 3.05) is 11.9 Å². The van der Waals surface area contributed by atoms with Gasteiger partial charge in [-0.1, -0.05) is 30.3 Å². The monoisotopic (exact) mass is 333 g/mol. The highest BCUT2D eigenvalue weighted by Gasteiger charge is 2.40. The molecule has 1 N–H and O–H groups in total. The van der Waals surface area contributed by atoms with E-state index in [0.29, 0.717) is 12.1 Å². The first-order valence-electron chi connectivity index (χ1n) is 7.29. The zero-order chi connectivity index (χ0) is 17.2. The molecule has 124 valence electrons. The number of anilines is 1. The molecular weight excluding hydrogens is 319 g/mol. The lowest BCUT2D eigenvalue weighted by Crippen LogP contribution is -2.10. The first kappa shape index (κ1) is 16.0. The Bertz CT molecular complexity index is 813. The summed E-state index contributed by atoms with van der Waals surface area (Å²) in [7, 11) is 0. The second-order valence-electron chi connectivity index (χ2n) is 4.93. The smallest absolute Gasteiger partial charge is 0.370 e. The summed E-state index contributed by atoms with van der Waals surface area (Å²) in [4.78, 5) is 8.01. The van der Waals surface area contributed by atoms with Crippen LogP contribution < -0.4 is 5.32 Å². The Morgan fingerprint density at radius 3 is 2.29 bits per heavy atom. The van der Waals surface area contributed by atoms with Gasteiger partial charge in [0, 0.05) is 18.9 Å². The standard InChI is InChI=1S/C16H14F3N5/c1-2-20-14-12(11-7-4-3-5-8-11)13(16(17,18)19)23-24(14)15-21-9-6-10-22-15/h3-10,20H,2H2,1H3. The molecule has 0 aliphatic carbocycles. The molecule has 0 atom stereocenters. The van der Waals surface area contributed by atoms with Crippen LogP contribution in [0.1, 0.15) is 12.6 Å².